The average molecular weight is 437 g/mol. The molecule has 1 N–H and O–H groups in total. The first-order valence-electron chi connectivity index (χ1n) is 10.8. The highest BCUT2D eigenvalue weighted by Crippen LogP contribution is 2.32. The van der Waals surface area contributed by atoms with E-state index in [9.17, 15) is 14.4 Å². The fraction of sp³-hybridized carbons (Fsp3) is 0.375. The molecule has 2 aliphatic rings. The first-order chi connectivity index (χ1) is 15.5. The number of benzene rings is 2. The summed E-state index contributed by atoms with van der Waals surface area (Å²) in [7, 11) is 1.64. The fourth-order valence-corrected chi connectivity index (χ4v) is 4.39. The molecule has 32 heavy (non-hydrogen) atoms. The molecule has 4 amide bonds. The lowest BCUT2D eigenvalue weighted by Crippen LogP contribution is -2.52. The van der Waals surface area contributed by atoms with Crippen molar-refractivity contribution in [3.63, 3.8) is 0 Å². The number of carbonyl (C=O) groups excluding carboxylic acids is 3. The predicted octanol–water partition coefficient (Wildman–Crippen LogP) is 2.20. The van der Waals surface area contributed by atoms with Gasteiger partial charge in [-0.15, -0.1) is 0 Å². The first-order valence-corrected chi connectivity index (χ1v) is 10.8. The van der Waals surface area contributed by atoms with Gasteiger partial charge in [-0.25, -0.2) is 4.79 Å². The van der Waals surface area contributed by atoms with E-state index in [1.54, 1.807) is 12.0 Å². The molecule has 0 saturated carbocycles. The Kier molecular flexibility index (Phi) is 6.03. The molecule has 2 saturated heterocycles. The number of urea groups is 1. The van der Waals surface area contributed by atoms with E-state index in [0.717, 1.165) is 21.9 Å². The molecule has 0 aliphatic carbocycles. The summed E-state index contributed by atoms with van der Waals surface area (Å²) in [5.74, 6) is 0.190. The van der Waals surface area contributed by atoms with Crippen LogP contribution in [-0.2, 0) is 15.1 Å². The number of anilines is 1. The summed E-state index contributed by atoms with van der Waals surface area (Å²) in [6, 6.07) is 16.5. The Morgan fingerprint density at radius 2 is 1.75 bits per heavy atom. The minimum atomic E-state index is -1.12. The van der Waals surface area contributed by atoms with Gasteiger partial charge in [-0.3, -0.25) is 14.5 Å². The first kappa shape index (κ1) is 21.7. The number of nitrogens with one attached hydrogen (secondary N) is 1. The maximum Gasteiger partial charge on any atom is 0.325 e. The zero-order chi connectivity index (χ0) is 22.7. The van der Waals surface area contributed by atoms with Crippen LogP contribution in [0.2, 0.25) is 0 Å². The molecule has 0 aromatic heterocycles. The van der Waals surface area contributed by atoms with Crippen molar-refractivity contribution in [2.24, 2.45) is 0 Å². The van der Waals surface area contributed by atoms with Crippen molar-refractivity contribution >= 4 is 23.5 Å². The van der Waals surface area contributed by atoms with Crippen molar-refractivity contribution in [1.82, 2.24) is 15.1 Å². The standard InChI is InChI=1S/C24H28N4O4/c1-3-24(18-8-5-4-6-9-18)22(30)28(23(31)25-24)17-21(29)27-14-12-26(13-15-27)19-10-7-11-20(16-19)32-2/h4-11,16H,3,12-15,17H2,1-2H3,(H,25,31)/t24-/m1/s1. The summed E-state index contributed by atoms with van der Waals surface area (Å²) in [5, 5.41) is 2.83. The van der Waals surface area contributed by atoms with Crippen LogP contribution >= 0.6 is 0 Å². The van der Waals surface area contributed by atoms with Crippen LogP contribution in [0.1, 0.15) is 18.9 Å². The van der Waals surface area contributed by atoms with Crippen molar-refractivity contribution in [3.05, 3.63) is 60.2 Å². The molecule has 0 unspecified atom stereocenters. The molecular formula is C24H28N4O4. The number of amides is 4. The van der Waals surface area contributed by atoms with Crippen LogP contribution in [0.3, 0.4) is 0 Å². The van der Waals surface area contributed by atoms with Crippen LogP contribution < -0.4 is 15.0 Å². The number of rotatable bonds is 6. The third-order valence-electron chi connectivity index (χ3n) is 6.32. The number of hydrogen-bond acceptors (Lipinski definition) is 5. The van der Waals surface area contributed by atoms with E-state index in [1.807, 2.05) is 61.5 Å². The molecule has 2 fully saturated rings. The summed E-state index contributed by atoms with van der Waals surface area (Å²) in [4.78, 5) is 43.8. The Morgan fingerprint density at radius 3 is 2.41 bits per heavy atom. The Morgan fingerprint density at radius 1 is 1.03 bits per heavy atom. The summed E-state index contributed by atoms with van der Waals surface area (Å²) in [5.41, 5.74) is 0.646. The molecule has 2 aliphatic heterocycles. The predicted molar refractivity (Wildman–Crippen MR) is 120 cm³/mol. The molecule has 0 spiro atoms. The minimum absolute atomic E-state index is 0.223. The van der Waals surface area contributed by atoms with Gasteiger partial charge in [0.1, 0.15) is 17.8 Å². The van der Waals surface area contributed by atoms with Crippen LogP contribution in [0, 0.1) is 0 Å². The van der Waals surface area contributed by atoms with Crippen molar-refractivity contribution in [2.45, 2.75) is 18.9 Å². The average Bonchev–Trinajstić information content (AvgIpc) is 3.09. The normalized spacial score (nSPS) is 21.0. The number of carbonyl (C=O) groups is 3. The zero-order valence-electron chi connectivity index (χ0n) is 18.4. The summed E-state index contributed by atoms with van der Waals surface area (Å²) >= 11 is 0. The van der Waals surface area contributed by atoms with Gasteiger partial charge in [-0.2, -0.15) is 0 Å². The van der Waals surface area contributed by atoms with Gasteiger partial charge in [-0.1, -0.05) is 43.3 Å². The molecule has 0 bridgehead atoms. The molecule has 168 valence electrons. The molecule has 2 aromatic carbocycles. The lowest BCUT2D eigenvalue weighted by molar-refractivity contribution is -0.139. The second kappa shape index (κ2) is 8.90. The highest BCUT2D eigenvalue weighted by Gasteiger charge is 2.51. The number of nitrogens with zero attached hydrogens (tertiary/aromatic N) is 3. The quantitative estimate of drug-likeness (QED) is 0.702. The smallest absolute Gasteiger partial charge is 0.325 e. The molecular weight excluding hydrogens is 408 g/mol. The highest BCUT2D eigenvalue weighted by molar-refractivity contribution is 6.09. The molecule has 4 rings (SSSR count). The third-order valence-corrected chi connectivity index (χ3v) is 6.32. The van der Waals surface area contributed by atoms with E-state index in [4.69, 9.17) is 4.74 Å². The number of piperazine rings is 1. The Bertz CT molecular complexity index is 1000. The van der Waals surface area contributed by atoms with Crippen LogP contribution in [0.5, 0.6) is 5.75 Å². The van der Waals surface area contributed by atoms with Crippen molar-refractivity contribution in [2.75, 3.05) is 44.7 Å². The Hall–Kier alpha value is -3.55. The summed E-state index contributed by atoms with van der Waals surface area (Å²) in [6.45, 7) is 3.99. The Balaban J connectivity index is 1.40. The monoisotopic (exact) mass is 436 g/mol. The summed E-state index contributed by atoms with van der Waals surface area (Å²) in [6.07, 6.45) is 0.408. The van der Waals surface area contributed by atoms with Gasteiger partial charge in [0.15, 0.2) is 0 Å². The van der Waals surface area contributed by atoms with Crippen molar-refractivity contribution in [3.8, 4) is 5.75 Å². The second-order valence-electron chi connectivity index (χ2n) is 8.02. The molecule has 2 aromatic rings. The van der Waals surface area contributed by atoms with Gasteiger partial charge >= 0.3 is 6.03 Å². The fourth-order valence-electron chi connectivity index (χ4n) is 4.39. The largest absolute Gasteiger partial charge is 0.497 e. The van der Waals surface area contributed by atoms with Crippen LogP contribution in [-0.4, -0.2) is 67.5 Å². The Labute approximate surface area is 187 Å². The van der Waals surface area contributed by atoms with E-state index in [0.29, 0.717) is 32.6 Å². The lowest BCUT2D eigenvalue weighted by atomic mass is 9.87. The van der Waals surface area contributed by atoms with E-state index in [-0.39, 0.29) is 18.4 Å². The maximum atomic E-state index is 13.2. The van der Waals surface area contributed by atoms with E-state index in [1.165, 1.54) is 0 Å². The van der Waals surface area contributed by atoms with Gasteiger partial charge in [0.2, 0.25) is 5.91 Å². The number of methoxy groups -OCH3 is 1. The highest BCUT2D eigenvalue weighted by atomic mass is 16.5. The number of ether oxygens (including phenoxy) is 1. The SMILES string of the molecule is CC[C@]1(c2ccccc2)NC(=O)N(CC(=O)N2CCN(c3cccc(OC)c3)CC2)C1=O. The third kappa shape index (κ3) is 3.88. The summed E-state index contributed by atoms with van der Waals surface area (Å²) < 4.78 is 5.29. The molecule has 8 heteroatoms. The molecule has 8 nitrogen and oxygen atoms in total. The van der Waals surface area contributed by atoms with Crippen molar-refractivity contribution < 1.29 is 19.1 Å². The van der Waals surface area contributed by atoms with E-state index < -0.39 is 11.6 Å². The zero-order valence-corrected chi connectivity index (χ0v) is 18.4. The van der Waals surface area contributed by atoms with E-state index in [2.05, 4.69) is 10.2 Å². The second-order valence-corrected chi connectivity index (χ2v) is 8.02. The van der Waals surface area contributed by atoms with E-state index >= 15 is 0 Å². The van der Waals surface area contributed by atoms with Crippen LogP contribution in [0.4, 0.5) is 10.5 Å². The maximum absolute atomic E-state index is 13.2. The van der Waals surface area contributed by atoms with Crippen LogP contribution in [0.15, 0.2) is 54.6 Å². The number of imide groups is 1. The molecule has 1 atom stereocenters. The number of hydrogen-bond donors (Lipinski definition) is 1. The lowest BCUT2D eigenvalue weighted by Gasteiger charge is -2.36. The van der Waals surface area contributed by atoms with Gasteiger partial charge in [0, 0.05) is 37.9 Å². The van der Waals surface area contributed by atoms with Crippen LogP contribution in [0.25, 0.3) is 0 Å². The van der Waals surface area contributed by atoms with Gasteiger partial charge in [-0.05, 0) is 24.1 Å². The minimum Gasteiger partial charge on any atom is -0.497 e. The van der Waals surface area contributed by atoms with Crippen molar-refractivity contribution in [1.29, 1.82) is 0 Å². The van der Waals surface area contributed by atoms with Gasteiger partial charge in [0.25, 0.3) is 5.91 Å². The van der Waals surface area contributed by atoms with Gasteiger partial charge in [0.05, 0.1) is 7.11 Å². The molecule has 2 heterocycles. The molecule has 0 radical (unpaired) electrons. The topological polar surface area (TPSA) is 82.2 Å². The van der Waals surface area contributed by atoms with Gasteiger partial charge < -0.3 is 19.9 Å².